The van der Waals surface area contributed by atoms with Crippen molar-refractivity contribution in [3.05, 3.63) is 12.7 Å². The number of carbonyl (C=O) groups is 2. The van der Waals surface area contributed by atoms with Crippen LogP contribution in [-0.4, -0.2) is 50.0 Å². The van der Waals surface area contributed by atoms with Crippen LogP contribution in [-0.2, 0) is 14.3 Å². The molecule has 0 unspecified atom stereocenters. The van der Waals surface area contributed by atoms with Gasteiger partial charge in [-0.2, -0.15) is 0 Å². The van der Waals surface area contributed by atoms with Gasteiger partial charge in [-0.25, -0.2) is 4.79 Å². The van der Waals surface area contributed by atoms with Gasteiger partial charge in [-0.1, -0.05) is 6.58 Å². The number of hydrogen-bond donors (Lipinski definition) is 0. The highest BCUT2D eigenvalue weighted by Crippen LogP contribution is 1.97. The van der Waals surface area contributed by atoms with Crippen molar-refractivity contribution in [3.8, 4) is 0 Å². The lowest BCUT2D eigenvalue weighted by Gasteiger charge is -2.27. The summed E-state index contributed by atoms with van der Waals surface area (Å²) in [5, 5.41) is 0. The number of quaternary nitrogens is 1. The molecule has 4 nitrogen and oxygen atoms in total. The maximum Gasteiger partial charge on any atom is 0.330 e. The van der Waals surface area contributed by atoms with Gasteiger partial charge in [0.05, 0.1) is 14.1 Å². The maximum absolute atomic E-state index is 10.9. The molecule has 0 heterocycles. The van der Waals surface area contributed by atoms with E-state index in [9.17, 15) is 9.59 Å². The van der Waals surface area contributed by atoms with E-state index in [2.05, 4.69) is 6.58 Å². The zero-order valence-electron chi connectivity index (χ0n) is 9.08. The van der Waals surface area contributed by atoms with Crippen LogP contribution in [0.4, 0.5) is 0 Å². The van der Waals surface area contributed by atoms with Crippen LogP contribution in [0.25, 0.3) is 0 Å². The SMILES string of the molecule is C=CC(=O)OCC[N+](C)(C)CC(C)=O. The number of nitrogens with zero attached hydrogens (tertiary/aromatic N) is 1. The summed E-state index contributed by atoms with van der Waals surface area (Å²) in [6.07, 6.45) is 1.13. The molecule has 80 valence electrons. The largest absolute Gasteiger partial charge is 0.457 e. The molecule has 0 aromatic carbocycles. The Morgan fingerprint density at radius 2 is 2.00 bits per heavy atom. The zero-order chi connectivity index (χ0) is 11.2. The molecule has 0 aliphatic rings. The van der Waals surface area contributed by atoms with Crippen molar-refractivity contribution in [1.82, 2.24) is 0 Å². The first-order valence-electron chi connectivity index (χ1n) is 4.48. The molecule has 0 aliphatic carbocycles. The first kappa shape index (κ1) is 12.8. The number of rotatable bonds is 6. The molecule has 0 rings (SSSR count). The van der Waals surface area contributed by atoms with E-state index in [4.69, 9.17) is 4.74 Å². The summed E-state index contributed by atoms with van der Waals surface area (Å²) < 4.78 is 5.35. The number of carbonyl (C=O) groups excluding carboxylic acids is 2. The second-order valence-electron chi connectivity index (χ2n) is 3.89. The Morgan fingerprint density at radius 1 is 1.43 bits per heavy atom. The number of ketones is 1. The quantitative estimate of drug-likeness (QED) is 0.354. The molecule has 0 saturated carbocycles. The standard InChI is InChI=1S/C10H18NO3/c1-5-10(13)14-7-6-11(3,4)8-9(2)12/h5H,1,6-8H2,2-4H3/q+1. The van der Waals surface area contributed by atoms with Crippen LogP contribution in [0.1, 0.15) is 6.92 Å². The van der Waals surface area contributed by atoms with E-state index in [1.54, 1.807) is 6.92 Å². The summed E-state index contributed by atoms with van der Waals surface area (Å²) in [4.78, 5) is 21.6. The molecule has 0 N–H and O–H groups in total. The summed E-state index contributed by atoms with van der Waals surface area (Å²) in [6, 6.07) is 0. The molecule has 0 radical (unpaired) electrons. The number of hydrogen-bond acceptors (Lipinski definition) is 3. The van der Waals surface area contributed by atoms with Crippen LogP contribution in [0, 0.1) is 0 Å². The predicted octanol–water partition coefficient (Wildman–Crippen LogP) is 0.381. The lowest BCUT2D eigenvalue weighted by molar-refractivity contribution is -0.882. The van der Waals surface area contributed by atoms with Gasteiger partial charge in [-0.15, -0.1) is 0 Å². The number of esters is 1. The molecule has 0 aromatic heterocycles. The third kappa shape index (κ3) is 6.37. The molecule has 4 heteroatoms. The molecule has 0 aromatic rings. The van der Waals surface area contributed by atoms with Crippen LogP contribution in [0.5, 0.6) is 0 Å². The van der Waals surface area contributed by atoms with E-state index in [1.807, 2.05) is 14.1 Å². The van der Waals surface area contributed by atoms with E-state index in [0.717, 1.165) is 6.08 Å². The van der Waals surface area contributed by atoms with Gasteiger partial charge in [-0.05, 0) is 0 Å². The topological polar surface area (TPSA) is 43.4 Å². The van der Waals surface area contributed by atoms with Crippen LogP contribution >= 0.6 is 0 Å². The lowest BCUT2D eigenvalue weighted by Crippen LogP contribution is -2.45. The van der Waals surface area contributed by atoms with Gasteiger partial charge < -0.3 is 9.22 Å². The summed E-state index contributed by atoms with van der Waals surface area (Å²) in [5.41, 5.74) is 0. The summed E-state index contributed by atoms with van der Waals surface area (Å²) in [6.45, 7) is 6.23. The third-order valence-electron chi connectivity index (χ3n) is 1.76. The highest BCUT2D eigenvalue weighted by molar-refractivity contribution is 5.81. The van der Waals surface area contributed by atoms with Crippen molar-refractivity contribution in [3.63, 3.8) is 0 Å². The fraction of sp³-hybridized carbons (Fsp3) is 0.600. The zero-order valence-corrected chi connectivity index (χ0v) is 9.08. The Morgan fingerprint density at radius 3 is 2.43 bits per heavy atom. The van der Waals surface area contributed by atoms with E-state index in [1.165, 1.54) is 0 Å². The molecule has 0 aliphatic heterocycles. The smallest absolute Gasteiger partial charge is 0.330 e. The van der Waals surface area contributed by atoms with Crippen LogP contribution in [0.15, 0.2) is 12.7 Å². The minimum absolute atomic E-state index is 0.130. The fourth-order valence-corrected chi connectivity index (χ4v) is 1.13. The third-order valence-corrected chi connectivity index (χ3v) is 1.76. The molecular formula is C10H18NO3+. The minimum Gasteiger partial charge on any atom is -0.457 e. The average molecular weight is 200 g/mol. The molecule has 0 bridgehead atoms. The number of Topliss-reactive ketones (excluding diaryl/α,β-unsaturated/α-hetero) is 1. The van der Waals surface area contributed by atoms with Gasteiger partial charge in [0.1, 0.15) is 19.7 Å². The molecular weight excluding hydrogens is 182 g/mol. The monoisotopic (exact) mass is 200 g/mol. The molecule has 0 amide bonds. The van der Waals surface area contributed by atoms with Crippen molar-refractivity contribution in [2.45, 2.75) is 6.92 Å². The van der Waals surface area contributed by atoms with Gasteiger partial charge >= 0.3 is 5.97 Å². The van der Waals surface area contributed by atoms with Gasteiger partial charge in [0.2, 0.25) is 0 Å². The van der Waals surface area contributed by atoms with Gasteiger partial charge in [-0.3, -0.25) is 4.79 Å². The average Bonchev–Trinajstić information content (AvgIpc) is 2.01. The van der Waals surface area contributed by atoms with Gasteiger partial charge in [0.15, 0.2) is 5.78 Å². The van der Waals surface area contributed by atoms with E-state index < -0.39 is 5.97 Å². The lowest BCUT2D eigenvalue weighted by atomic mass is 10.3. The minimum atomic E-state index is -0.423. The van der Waals surface area contributed by atoms with Crippen molar-refractivity contribution in [1.29, 1.82) is 0 Å². The van der Waals surface area contributed by atoms with E-state index >= 15 is 0 Å². The number of ether oxygens (including phenoxy) is 1. The molecule has 14 heavy (non-hydrogen) atoms. The Labute approximate surface area is 84.7 Å². The second-order valence-corrected chi connectivity index (χ2v) is 3.89. The van der Waals surface area contributed by atoms with Gasteiger partial charge in [0.25, 0.3) is 0 Å². The van der Waals surface area contributed by atoms with Crippen molar-refractivity contribution in [2.24, 2.45) is 0 Å². The predicted molar refractivity (Wildman–Crippen MR) is 53.7 cm³/mol. The first-order chi connectivity index (χ1) is 6.37. The Hall–Kier alpha value is -1.16. The first-order valence-corrected chi connectivity index (χ1v) is 4.48. The van der Waals surface area contributed by atoms with Crippen LogP contribution < -0.4 is 0 Å². The van der Waals surface area contributed by atoms with Crippen molar-refractivity contribution in [2.75, 3.05) is 33.8 Å². The highest BCUT2D eigenvalue weighted by Gasteiger charge is 2.17. The number of likely N-dealkylation sites (N-methyl/N-ethyl adjacent to an activating group) is 1. The van der Waals surface area contributed by atoms with Crippen molar-refractivity contribution >= 4 is 11.8 Å². The van der Waals surface area contributed by atoms with Crippen LogP contribution in [0.3, 0.4) is 0 Å². The summed E-state index contributed by atoms with van der Waals surface area (Å²) in [7, 11) is 3.84. The van der Waals surface area contributed by atoms with E-state index in [-0.39, 0.29) is 5.78 Å². The fourth-order valence-electron chi connectivity index (χ4n) is 1.13. The van der Waals surface area contributed by atoms with Crippen molar-refractivity contribution < 1.29 is 18.8 Å². The Kier molecular flexibility index (Phi) is 5.09. The Balaban J connectivity index is 3.81. The molecule has 0 saturated heterocycles. The summed E-state index contributed by atoms with van der Waals surface area (Å²) in [5.74, 6) is -0.294. The molecule has 0 fully saturated rings. The Bertz CT molecular complexity index is 234. The van der Waals surface area contributed by atoms with Crippen LogP contribution in [0.2, 0.25) is 0 Å². The van der Waals surface area contributed by atoms with E-state index in [0.29, 0.717) is 24.2 Å². The second kappa shape index (κ2) is 5.54. The summed E-state index contributed by atoms with van der Waals surface area (Å²) >= 11 is 0. The molecule has 0 atom stereocenters. The normalized spacial score (nSPS) is 10.8. The maximum atomic E-state index is 10.9. The molecule has 0 spiro atoms. The van der Waals surface area contributed by atoms with Gasteiger partial charge in [0, 0.05) is 13.0 Å². The highest BCUT2D eigenvalue weighted by atomic mass is 16.5.